The first-order valence-electron chi connectivity index (χ1n) is 18.8. The third kappa shape index (κ3) is 28.1. The molecule has 5 nitrogen and oxygen atoms in total. The monoisotopic (exact) mass is 610 g/mol. The number of hydrogen-bond acceptors (Lipinski definition) is 5. The van der Waals surface area contributed by atoms with Crippen molar-refractivity contribution in [3.8, 4) is 0 Å². The molecule has 0 aromatic carbocycles. The molecule has 0 aromatic rings. The van der Waals surface area contributed by atoms with Crippen LogP contribution in [-0.2, 0) is 19.1 Å². The summed E-state index contributed by atoms with van der Waals surface area (Å²) in [5, 5.41) is 0. The third-order valence-electron chi connectivity index (χ3n) is 9.01. The number of unbranched alkanes of at least 4 members (excludes halogenated alkanes) is 14. The van der Waals surface area contributed by atoms with Crippen molar-refractivity contribution in [3.05, 3.63) is 0 Å². The van der Waals surface area contributed by atoms with E-state index in [1.165, 1.54) is 109 Å². The van der Waals surface area contributed by atoms with E-state index < -0.39 is 0 Å². The fourth-order valence-corrected chi connectivity index (χ4v) is 5.85. The van der Waals surface area contributed by atoms with E-state index in [4.69, 9.17) is 9.47 Å². The van der Waals surface area contributed by atoms with Gasteiger partial charge in [-0.1, -0.05) is 143 Å². The summed E-state index contributed by atoms with van der Waals surface area (Å²) in [6.07, 6.45) is 29.6. The Balaban J connectivity index is 3.84. The molecule has 0 aliphatic carbocycles. The van der Waals surface area contributed by atoms with Gasteiger partial charge in [0.15, 0.2) is 0 Å². The summed E-state index contributed by atoms with van der Waals surface area (Å²) in [6.45, 7) is 10.7. The van der Waals surface area contributed by atoms with Gasteiger partial charge in [-0.15, -0.1) is 0 Å². The van der Waals surface area contributed by atoms with Crippen LogP contribution in [0.15, 0.2) is 0 Å². The molecule has 0 spiro atoms. The van der Waals surface area contributed by atoms with Gasteiger partial charge in [-0.2, -0.15) is 0 Å². The lowest BCUT2D eigenvalue weighted by Gasteiger charge is -2.18. The summed E-state index contributed by atoms with van der Waals surface area (Å²) < 4.78 is 10.9. The smallest absolute Gasteiger partial charge is 0.308 e. The van der Waals surface area contributed by atoms with Gasteiger partial charge in [-0.25, -0.2) is 0 Å². The molecule has 0 rings (SSSR count). The predicted molar refractivity (Wildman–Crippen MR) is 184 cm³/mol. The van der Waals surface area contributed by atoms with E-state index >= 15 is 0 Å². The van der Waals surface area contributed by atoms with Gasteiger partial charge < -0.3 is 14.4 Å². The molecule has 0 aliphatic rings. The molecule has 0 aliphatic heterocycles. The molecule has 0 radical (unpaired) electrons. The Bertz CT molecular complexity index is 577. The van der Waals surface area contributed by atoms with E-state index in [2.05, 4.69) is 32.8 Å². The van der Waals surface area contributed by atoms with Gasteiger partial charge >= 0.3 is 11.9 Å². The Morgan fingerprint density at radius 1 is 0.488 bits per heavy atom. The molecule has 43 heavy (non-hydrogen) atoms. The topological polar surface area (TPSA) is 55.8 Å². The number of ether oxygens (including phenoxy) is 2. The van der Waals surface area contributed by atoms with Crippen molar-refractivity contribution in [3.63, 3.8) is 0 Å². The Morgan fingerprint density at radius 2 is 0.837 bits per heavy atom. The minimum absolute atomic E-state index is 0.00685. The number of carbonyl (C=O) groups excluding carboxylic acids is 2. The second kappa shape index (κ2) is 30.9. The van der Waals surface area contributed by atoms with Crippen LogP contribution in [0.1, 0.15) is 182 Å². The zero-order valence-electron chi connectivity index (χ0n) is 29.9. The normalized spacial score (nSPS) is 13.7. The first-order chi connectivity index (χ1) is 20.8. The van der Waals surface area contributed by atoms with E-state index in [-0.39, 0.29) is 23.8 Å². The van der Waals surface area contributed by atoms with Crippen molar-refractivity contribution in [2.75, 3.05) is 33.9 Å². The SMILES string of the molecule is CCCCC(C)C(=O)OCCCCCCCCCC(CCCCCCCCCOC(=O)C(C)CCCC)CCCN(C)C. The predicted octanol–water partition coefficient (Wildman–Crippen LogP) is 10.9. The molecule has 256 valence electrons. The highest BCUT2D eigenvalue weighted by molar-refractivity contribution is 5.72. The van der Waals surface area contributed by atoms with Gasteiger partial charge in [-0.05, 0) is 65.1 Å². The maximum atomic E-state index is 12.0. The molecule has 0 aromatic heterocycles. The lowest BCUT2D eigenvalue weighted by atomic mass is 9.90. The number of rotatable bonds is 32. The molecule has 0 saturated heterocycles. The summed E-state index contributed by atoms with van der Waals surface area (Å²) in [4.78, 5) is 26.3. The molecule has 2 unspecified atom stereocenters. The summed E-state index contributed by atoms with van der Waals surface area (Å²) >= 11 is 0. The summed E-state index contributed by atoms with van der Waals surface area (Å²) in [5.41, 5.74) is 0. The van der Waals surface area contributed by atoms with E-state index in [1.54, 1.807) is 0 Å². The van der Waals surface area contributed by atoms with E-state index in [1.807, 2.05) is 13.8 Å². The van der Waals surface area contributed by atoms with Crippen molar-refractivity contribution in [1.82, 2.24) is 4.90 Å². The first-order valence-corrected chi connectivity index (χ1v) is 18.8. The molecule has 0 saturated carbocycles. The quantitative estimate of drug-likeness (QED) is 0.0561. The van der Waals surface area contributed by atoms with Crippen molar-refractivity contribution in [2.24, 2.45) is 17.8 Å². The molecule has 0 bridgehead atoms. The van der Waals surface area contributed by atoms with Crippen LogP contribution < -0.4 is 0 Å². The second-order valence-electron chi connectivity index (χ2n) is 13.8. The fourth-order valence-electron chi connectivity index (χ4n) is 5.85. The van der Waals surface area contributed by atoms with Crippen LogP contribution >= 0.6 is 0 Å². The van der Waals surface area contributed by atoms with E-state index in [0.717, 1.165) is 57.3 Å². The van der Waals surface area contributed by atoms with Crippen LogP contribution in [0.4, 0.5) is 0 Å². The second-order valence-corrected chi connectivity index (χ2v) is 13.8. The summed E-state index contributed by atoms with van der Waals surface area (Å²) in [5.74, 6) is 0.982. The van der Waals surface area contributed by atoms with Gasteiger partial charge in [0.1, 0.15) is 0 Å². The molecule has 0 N–H and O–H groups in total. The molecule has 0 fully saturated rings. The largest absolute Gasteiger partial charge is 0.465 e. The van der Waals surface area contributed by atoms with Crippen molar-refractivity contribution < 1.29 is 19.1 Å². The summed E-state index contributed by atoms with van der Waals surface area (Å²) in [7, 11) is 4.37. The average Bonchev–Trinajstić information content (AvgIpc) is 2.99. The first kappa shape index (κ1) is 41.9. The number of hydrogen-bond donors (Lipinski definition) is 0. The minimum Gasteiger partial charge on any atom is -0.465 e. The lowest BCUT2D eigenvalue weighted by Crippen LogP contribution is -2.15. The van der Waals surface area contributed by atoms with Crippen LogP contribution in [0.2, 0.25) is 0 Å². The van der Waals surface area contributed by atoms with Crippen LogP contribution in [-0.4, -0.2) is 50.7 Å². The van der Waals surface area contributed by atoms with Gasteiger partial charge in [0.2, 0.25) is 0 Å². The van der Waals surface area contributed by atoms with Crippen molar-refractivity contribution >= 4 is 11.9 Å². The molecule has 0 heterocycles. The minimum atomic E-state index is -0.00685. The third-order valence-corrected chi connectivity index (χ3v) is 9.01. The molecular weight excluding hydrogens is 534 g/mol. The Kier molecular flexibility index (Phi) is 30.1. The number of nitrogens with zero attached hydrogens (tertiary/aromatic N) is 1. The zero-order valence-corrected chi connectivity index (χ0v) is 29.9. The Hall–Kier alpha value is -1.10. The number of esters is 2. The van der Waals surface area contributed by atoms with Crippen LogP contribution in [0.25, 0.3) is 0 Å². The van der Waals surface area contributed by atoms with E-state index in [0.29, 0.717) is 13.2 Å². The van der Waals surface area contributed by atoms with Crippen LogP contribution in [0.3, 0.4) is 0 Å². The highest BCUT2D eigenvalue weighted by atomic mass is 16.5. The van der Waals surface area contributed by atoms with Gasteiger partial charge in [0.05, 0.1) is 25.0 Å². The van der Waals surface area contributed by atoms with E-state index in [9.17, 15) is 9.59 Å². The van der Waals surface area contributed by atoms with Gasteiger partial charge in [-0.3, -0.25) is 9.59 Å². The van der Waals surface area contributed by atoms with Crippen LogP contribution in [0, 0.1) is 17.8 Å². The molecule has 0 amide bonds. The molecule has 5 heteroatoms. The van der Waals surface area contributed by atoms with Gasteiger partial charge in [0, 0.05) is 0 Å². The number of carbonyl (C=O) groups is 2. The molecule has 2 atom stereocenters. The lowest BCUT2D eigenvalue weighted by molar-refractivity contribution is -0.149. The maximum Gasteiger partial charge on any atom is 0.308 e. The maximum absolute atomic E-state index is 12.0. The summed E-state index contributed by atoms with van der Waals surface area (Å²) in [6, 6.07) is 0. The van der Waals surface area contributed by atoms with Gasteiger partial charge in [0.25, 0.3) is 0 Å². The molecular formula is C38H75NO4. The zero-order chi connectivity index (χ0) is 32.0. The fraction of sp³-hybridized carbons (Fsp3) is 0.947. The van der Waals surface area contributed by atoms with Crippen molar-refractivity contribution in [1.29, 1.82) is 0 Å². The highest BCUT2D eigenvalue weighted by Gasteiger charge is 2.14. The Morgan fingerprint density at radius 3 is 1.21 bits per heavy atom. The average molecular weight is 610 g/mol. The highest BCUT2D eigenvalue weighted by Crippen LogP contribution is 2.24. The standard InChI is InChI=1S/C38H75NO4/c1-7-9-26-34(3)37(40)42-32-23-19-15-11-13-17-21-28-36(30-25-31-39(5)6)29-22-18-14-12-16-20-24-33-43-38(41)35(4)27-10-8-2/h34-36H,7-33H2,1-6H3. The van der Waals surface area contributed by atoms with Crippen LogP contribution in [0.5, 0.6) is 0 Å². The van der Waals surface area contributed by atoms with Crippen molar-refractivity contribution in [2.45, 2.75) is 182 Å². The Labute approximate surface area is 269 Å².